The molecule has 2 heterocycles. The predicted molar refractivity (Wildman–Crippen MR) is 122 cm³/mol. The second kappa shape index (κ2) is 7.81. The van der Waals surface area contributed by atoms with Crippen molar-refractivity contribution < 1.29 is 14.6 Å². The molecule has 5 rings (SSSR count). The van der Waals surface area contributed by atoms with Crippen LogP contribution in [0.1, 0.15) is 36.6 Å². The largest absolute Gasteiger partial charge is 0.494 e. The van der Waals surface area contributed by atoms with Gasteiger partial charge in [-0.15, -0.1) is 11.3 Å². The summed E-state index contributed by atoms with van der Waals surface area (Å²) in [5, 5.41) is 11.8. The second-order valence-electron chi connectivity index (χ2n) is 8.01. The van der Waals surface area contributed by atoms with E-state index < -0.39 is 5.97 Å². The maximum Gasteiger partial charge on any atom is 0.306 e. The van der Waals surface area contributed by atoms with Crippen LogP contribution < -0.4 is 10.3 Å². The number of hydrogen-bond acceptors (Lipinski definition) is 5. The van der Waals surface area contributed by atoms with E-state index in [9.17, 15) is 14.7 Å². The number of hydrogen-bond donors (Lipinski definition) is 1. The summed E-state index contributed by atoms with van der Waals surface area (Å²) in [6, 6.07) is 13.3. The van der Waals surface area contributed by atoms with Gasteiger partial charge in [-0.25, -0.2) is 4.98 Å². The molecule has 1 N–H and O–H groups in total. The maximum absolute atomic E-state index is 13.1. The number of carbonyl (C=O) groups is 1. The fraction of sp³-hybridized carbons (Fsp3) is 0.292. The van der Waals surface area contributed by atoms with E-state index in [1.54, 1.807) is 29.2 Å². The zero-order valence-corrected chi connectivity index (χ0v) is 17.9. The molecule has 4 aromatic rings. The summed E-state index contributed by atoms with van der Waals surface area (Å²) in [5.74, 6) is -0.0581. The third kappa shape index (κ3) is 3.49. The van der Waals surface area contributed by atoms with Crippen LogP contribution in [0.4, 0.5) is 0 Å². The lowest BCUT2D eigenvalue weighted by Gasteiger charge is -2.24. The van der Waals surface area contributed by atoms with Crippen molar-refractivity contribution in [3.05, 3.63) is 64.0 Å². The molecule has 7 heteroatoms. The fourth-order valence-corrected chi connectivity index (χ4v) is 5.61. The van der Waals surface area contributed by atoms with Gasteiger partial charge in [0.15, 0.2) is 0 Å². The molecule has 1 saturated carbocycles. The van der Waals surface area contributed by atoms with Crippen LogP contribution in [0.25, 0.3) is 26.7 Å². The lowest BCUT2D eigenvalue weighted by atomic mass is 9.82. The Morgan fingerprint density at radius 2 is 1.94 bits per heavy atom. The summed E-state index contributed by atoms with van der Waals surface area (Å²) >= 11 is 1.62. The highest BCUT2D eigenvalue weighted by molar-refractivity contribution is 7.18. The van der Waals surface area contributed by atoms with Crippen LogP contribution in [0.15, 0.2) is 53.5 Å². The van der Waals surface area contributed by atoms with Crippen LogP contribution in [0.2, 0.25) is 0 Å². The first-order chi connectivity index (χ1) is 15.0. The molecule has 31 heavy (non-hydrogen) atoms. The van der Waals surface area contributed by atoms with Crippen LogP contribution in [0.5, 0.6) is 5.75 Å². The highest BCUT2D eigenvalue weighted by atomic mass is 32.1. The Kier molecular flexibility index (Phi) is 4.98. The smallest absolute Gasteiger partial charge is 0.306 e. The van der Waals surface area contributed by atoms with Gasteiger partial charge in [0.2, 0.25) is 0 Å². The van der Waals surface area contributed by atoms with Gasteiger partial charge < -0.3 is 9.84 Å². The third-order valence-electron chi connectivity index (χ3n) is 6.20. The molecule has 0 spiro atoms. The zero-order chi connectivity index (χ0) is 21.5. The minimum atomic E-state index is -0.696. The summed E-state index contributed by atoms with van der Waals surface area (Å²) < 4.78 is 8.22. The molecule has 0 radical (unpaired) electrons. The molecule has 0 bridgehead atoms. The van der Waals surface area contributed by atoms with E-state index >= 15 is 0 Å². The topological polar surface area (TPSA) is 81.4 Å². The van der Waals surface area contributed by atoms with Gasteiger partial charge in [-0.05, 0) is 49.3 Å². The van der Waals surface area contributed by atoms with Gasteiger partial charge in [0, 0.05) is 23.6 Å². The molecule has 0 saturated heterocycles. The van der Waals surface area contributed by atoms with Gasteiger partial charge in [-0.3, -0.25) is 14.2 Å². The van der Waals surface area contributed by atoms with E-state index in [2.05, 4.69) is 0 Å². The number of rotatable bonds is 4. The van der Waals surface area contributed by atoms with Crippen molar-refractivity contribution in [2.24, 2.45) is 5.92 Å². The number of aliphatic carboxylic acids is 1. The van der Waals surface area contributed by atoms with Crippen molar-refractivity contribution in [2.45, 2.75) is 31.6 Å². The van der Waals surface area contributed by atoms with Crippen molar-refractivity contribution >= 4 is 38.3 Å². The number of fused-ring (bicyclic) bond motifs is 2. The monoisotopic (exact) mass is 434 g/mol. The molecular weight excluding hydrogens is 412 g/mol. The highest BCUT2D eigenvalue weighted by Gasteiger charge is 2.28. The first-order valence-electron chi connectivity index (χ1n) is 10.4. The molecular formula is C24H22N2O4S. The number of carboxylic acid groups (broad SMARTS) is 1. The molecule has 0 atom stereocenters. The quantitative estimate of drug-likeness (QED) is 0.491. The number of aromatic nitrogens is 2. The Balaban J connectivity index is 1.55. The summed E-state index contributed by atoms with van der Waals surface area (Å²) in [7, 11) is 1.59. The van der Waals surface area contributed by atoms with Gasteiger partial charge in [0.1, 0.15) is 5.75 Å². The number of thiazole rings is 1. The first kappa shape index (κ1) is 19.8. The van der Waals surface area contributed by atoms with Crippen molar-refractivity contribution in [1.82, 2.24) is 9.55 Å². The molecule has 2 aromatic carbocycles. The van der Waals surface area contributed by atoms with E-state index in [1.165, 1.54) is 0 Å². The normalized spacial score (nSPS) is 19.0. The van der Waals surface area contributed by atoms with E-state index in [-0.39, 0.29) is 17.4 Å². The van der Waals surface area contributed by atoms with Crippen LogP contribution in [0, 0.1) is 5.92 Å². The zero-order valence-electron chi connectivity index (χ0n) is 17.1. The standard InChI is InChI=1S/C24H22N2O4S/c1-30-20-12-18-21(31-22(25-18)15-6-8-16(9-7-15)24(28)29)13-19(20)26-11-10-14-4-2-3-5-17(14)23(26)27/h2-5,10-13,15-16H,6-9H2,1H3,(H,28,29)/t15-,16-. The first-order valence-corrected chi connectivity index (χ1v) is 11.2. The average molecular weight is 435 g/mol. The van der Waals surface area contributed by atoms with Crippen LogP contribution in [-0.2, 0) is 4.79 Å². The van der Waals surface area contributed by atoms with Crippen molar-refractivity contribution in [1.29, 1.82) is 0 Å². The average Bonchev–Trinajstić information content (AvgIpc) is 3.22. The van der Waals surface area contributed by atoms with Crippen LogP contribution >= 0.6 is 11.3 Å². The number of pyridine rings is 1. The number of nitrogens with zero attached hydrogens (tertiary/aromatic N) is 2. The second-order valence-corrected chi connectivity index (χ2v) is 9.07. The Bertz CT molecular complexity index is 1350. The summed E-state index contributed by atoms with van der Waals surface area (Å²) in [6.07, 6.45) is 4.84. The van der Waals surface area contributed by atoms with Crippen molar-refractivity contribution in [2.75, 3.05) is 7.11 Å². The van der Waals surface area contributed by atoms with E-state index in [0.29, 0.717) is 29.7 Å². The number of ether oxygens (including phenoxy) is 1. The van der Waals surface area contributed by atoms with Crippen molar-refractivity contribution in [3.8, 4) is 11.4 Å². The van der Waals surface area contributed by atoms with E-state index in [4.69, 9.17) is 9.72 Å². The molecule has 0 aliphatic heterocycles. The molecule has 158 valence electrons. The SMILES string of the molecule is COc1cc2nc([C@H]3CC[C@H](C(=O)O)CC3)sc2cc1-n1ccc2ccccc2c1=O. The molecule has 1 aliphatic rings. The predicted octanol–water partition coefficient (Wildman–Crippen LogP) is 4.97. The lowest BCUT2D eigenvalue weighted by molar-refractivity contribution is -0.142. The summed E-state index contributed by atoms with van der Waals surface area (Å²) in [5.41, 5.74) is 1.44. The van der Waals surface area contributed by atoms with Crippen LogP contribution in [0.3, 0.4) is 0 Å². The van der Waals surface area contributed by atoms with Gasteiger partial charge >= 0.3 is 5.97 Å². The van der Waals surface area contributed by atoms with Gasteiger partial charge in [-0.2, -0.15) is 0 Å². The Hall–Kier alpha value is -3.19. The molecule has 1 fully saturated rings. The minimum Gasteiger partial charge on any atom is -0.494 e. The molecule has 2 aromatic heterocycles. The molecule has 0 amide bonds. The maximum atomic E-state index is 13.1. The number of carboxylic acids is 1. The van der Waals surface area contributed by atoms with Crippen molar-refractivity contribution in [3.63, 3.8) is 0 Å². The Morgan fingerprint density at radius 3 is 2.68 bits per heavy atom. The van der Waals surface area contributed by atoms with Crippen LogP contribution in [-0.4, -0.2) is 27.7 Å². The summed E-state index contributed by atoms with van der Waals surface area (Å²) in [4.78, 5) is 29.2. The van der Waals surface area contributed by atoms with Gasteiger partial charge in [0.05, 0.1) is 33.9 Å². The minimum absolute atomic E-state index is 0.0903. The Morgan fingerprint density at radius 1 is 1.16 bits per heavy atom. The fourth-order valence-electron chi connectivity index (χ4n) is 4.45. The Labute approximate surface area is 182 Å². The lowest BCUT2D eigenvalue weighted by Crippen LogP contribution is -2.20. The van der Waals surface area contributed by atoms with E-state index in [0.717, 1.165) is 33.5 Å². The van der Waals surface area contributed by atoms with Gasteiger partial charge in [0.25, 0.3) is 5.56 Å². The number of methoxy groups -OCH3 is 1. The van der Waals surface area contributed by atoms with Gasteiger partial charge in [-0.1, -0.05) is 18.2 Å². The summed E-state index contributed by atoms with van der Waals surface area (Å²) in [6.45, 7) is 0. The number of benzene rings is 2. The molecule has 6 nitrogen and oxygen atoms in total. The van der Waals surface area contributed by atoms with E-state index in [1.807, 2.05) is 42.5 Å². The highest BCUT2D eigenvalue weighted by Crippen LogP contribution is 2.40. The molecule has 0 unspecified atom stereocenters. The third-order valence-corrected chi connectivity index (χ3v) is 7.38. The molecule has 1 aliphatic carbocycles.